The minimum Gasteiger partial charge on any atom is -0.476 e. The normalized spacial score (nSPS) is 10.6. The molecule has 0 aliphatic rings. The molecule has 5 nitrogen and oxygen atoms in total. The summed E-state index contributed by atoms with van der Waals surface area (Å²) in [6, 6.07) is 0.344. The van der Waals surface area contributed by atoms with Crippen molar-refractivity contribution in [3.05, 3.63) is 6.33 Å². The molecule has 0 spiro atoms. The van der Waals surface area contributed by atoms with Crippen LogP contribution in [0.4, 0.5) is 11.5 Å². The van der Waals surface area contributed by atoms with Gasteiger partial charge in [0.1, 0.15) is 12.0 Å². The number of hydrogen-bond acceptors (Lipinski definition) is 5. The Bertz CT molecular complexity index is 341. The fourth-order valence-corrected chi connectivity index (χ4v) is 1.61. The zero-order valence-corrected chi connectivity index (χ0v) is 10.4. The summed E-state index contributed by atoms with van der Waals surface area (Å²) < 4.78 is 5.35. The van der Waals surface area contributed by atoms with Crippen LogP contribution in [0.1, 0.15) is 27.7 Å². The second-order valence-electron chi connectivity index (χ2n) is 3.73. The van der Waals surface area contributed by atoms with Crippen molar-refractivity contribution >= 4 is 11.5 Å². The molecule has 2 N–H and O–H groups in total. The number of ether oxygens (including phenoxy) is 1. The average molecular weight is 224 g/mol. The summed E-state index contributed by atoms with van der Waals surface area (Å²) in [5.41, 5.74) is 6.51. The number of nitrogen functional groups attached to an aromatic ring is 1. The molecule has 0 atom stereocenters. The third-order valence-corrected chi connectivity index (χ3v) is 2.34. The second kappa shape index (κ2) is 5.53. The maximum absolute atomic E-state index is 5.99. The van der Waals surface area contributed by atoms with Gasteiger partial charge in [-0.25, -0.2) is 4.98 Å². The highest BCUT2D eigenvalue weighted by Crippen LogP contribution is 2.28. The van der Waals surface area contributed by atoms with E-state index in [-0.39, 0.29) is 0 Å². The lowest BCUT2D eigenvalue weighted by molar-refractivity contribution is 0.328. The van der Waals surface area contributed by atoms with Crippen LogP contribution in [-0.4, -0.2) is 29.2 Å². The second-order valence-corrected chi connectivity index (χ2v) is 3.73. The minimum absolute atomic E-state index is 0.344. The fraction of sp³-hybridized carbons (Fsp3) is 0.636. The first-order valence-electron chi connectivity index (χ1n) is 5.61. The predicted octanol–water partition coefficient (Wildman–Crippen LogP) is 1.69. The number of nitrogens with two attached hydrogens (primary N) is 1. The van der Waals surface area contributed by atoms with Crippen molar-refractivity contribution in [3.63, 3.8) is 0 Å². The molecule has 1 aromatic heterocycles. The SMILES string of the molecule is CCOc1ncnc(N(CC)C(C)C)c1N. The minimum atomic E-state index is 0.344. The van der Waals surface area contributed by atoms with Crippen LogP contribution in [0.2, 0.25) is 0 Å². The molecule has 0 aliphatic heterocycles. The van der Waals surface area contributed by atoms with Gasteiger partial charge in [0.2, 0.25) is 5.88 Å². The quantitative estimate of drug-likeness (QED) is 0.824. The van der Waals surface area contributed by atoms with Gasteiger partial charge >= 0.3 is 0 Å². The molecule has 1 heterocycles. The Hall–Kier alpha value is -1.52. The lowest BCUT2D eigenvalue weighted by Crippen LogP contribution is -2.32. The Morgan fingerprint density at radius 1 is 1.38 bits per heavy atom. The lowest BCUT2D eigenvalue weighted by atomic mass is 10.3. The van der Waals surface area contributed by atoms with Crippen LogP contribution in [-0.2, 0) is 0 Å². The fourth-order valence-electron chi connectivity index (χ4n) is 1.61. The Balaban J connectivity index is 3.08. The van der Waals surface area contributed by atoms with Gasteiger partial charge in [0.05, 0.1) is 6.61 Å². The largest absolute Gasteiger partial charge is 0.476 e. The first kappa shape index (κ1) is 12.5. The molecular formula is C11H20N4O. The molecule has 5 heteroatoms. The molecule has 0 saturated heterocycles. The number of hydrogen-bond donors (Lipinski definition) is 1. The zero-order chi connectivity index (χ0) is 12.1. The summed E-state index contributed by atoms with van der Waals surface area (Å²) in [4.78, 5) is 10.4. The molecule has 0 saturated carbocycles. The highest BCUT2D eigenvalue weighted by atomic mass is 16.5. The maximum Gasteiger partial charge on any atom is 0.242 e. The van der Waals surface area contributed by atoms with E-state index in [1.807, 2.05) is 6.92 Å². The number of rotatable bonds is 5. The molecule has 0 bridgehead atoms. The predicted molar refractivity (Wildman–Crippen MR) is 65.8 cm³/mol. The zero-order valence-electron chi connectivity index (χ0n) is 10.4. The molecular weight excluding hydrogens is 204 g/mol. The maximum atomic E-state index is 5.99. The van der Waals surface area contributed by atoms with Gasteiger partial charge in [0.25, 0.3) is 0 Å². The topological polar surface area (TPSA) is 64.3 Å². The molecule has 0 unspecified atom stereocenters. The Labute approximate surface area is 96.6 Å². The summed E-state index contributed by atoms with van der Waals surface area (Å²) in [6.07, 6.45) is 1.49. The van der Waals surface area contributed by atoms with Crippen molar-refractivity contribution in [2.45, 2.75) is 33.7 Å². The monoisotopic (exact) mass is 224 g/mol. The van der Waals surface area contributed by atoms with E-state index < -0.39 is 0 Å². The summed E-state index contributed by atoms with van der Waals surface area (Å²) in [5.74, 6) is 1.21. The van der Waals surface area contributed by atoms with E-state index in [1.165, 1.54) is 6.33 Å². The average Bonchev–Trinajstić information content (AvgIpc) is 2.24. The Morgan fingerprint density at radius 2 is 2.06 bits per heavy atom. The summed E-state index contributed by atoms with van der Waals surface area (Å²) in [7, 11) is 0. The summed E-state index contributed by atoms with van der Waals surface area (Å²) in [6.45, 7) is 9.58. The van der Waals surface area contributed by atoms with Crippen LogP contribution in [0.15, 0.2) is 6.33 Å². The number of aromatic nitrogens is 2. The van der Waals surface area contributed by atoms with Crippen LogP contribution in [0, 0.1) is 0 Å². The number of nitrogens with zero attached hydrogens (tertiary/aromatic N) is 3. The first-order valence-corrected chi connectivity index (χ1v) is 5.61. The molecule has 0 aliphatic carbocycles. The third-order valence-electron chi connectivity index (χ3n) is 2.34. The molecule has 0 aromatic carbocycles. The molecule has 0 amide bonds. The van der Waals surface area contributed by atoms with E-state index >= 15 is 0 Å². The van der Waals surface area contributed by atoms with E-state index in [0.29, 0.717) is 24.2 Å². The van der Waals surface area contributed by atoms with Crippen molar-refractivity contribution < 1.29 is 4.74 Å². The molecule has 90 valence electrons. The van der Waals surface area contributed by atoms with E-state index in [9.17, 15) is 0 Å². The van der Waals surface area contributed by atoms with Crippen molar-refractivity contribution in [1.82, 2.24) is 9.97 Å². The van der Waals surface area contributed by atoms with Gasteiger partial charge in [-0.1, -0.05) is 0 Å². The van der Waals surface area contributed by atoms with Crippen LogP contribution >= 0.6 is 0 Å². The van der Waals surface area contributed by atoms with Crippen LogP contribution < -0.4 is 15.4 Å². The smallest absolute Gasteiger partial charge is 0.242 e. The Kier molecular flexibility index (Phi) is 4.34. The molecule has 0 fully saturated rings. The van der Waals surface area contributed by atoms with E-state index in [4.69, 9.17) is 10.5 Å². The standard InChI is InChI=1S/C11H20N4O/c1-5-15(8(3)4)10-9(12)11(16-6-2)14-7-13-10/h7-8H,5-6,12H2,1-4H3. The van der Waals surface area contributed by atoms with Crippen molar-refractivity contribution in [1.29, 1.82) is 0 Å². The van der Waals surface area contributed by atoms with E-state index in [1.54, 1.807) is 0 Å². The van der Waals surface area contributed by atoms with Crippen molar-refractivity contribution in [2.75, 3.05) is 23.8 Å². The van der Waals surface area contributed by atoms with Gasteiger partial charge in [-0.15, -0.1) is 0 Å². The van der Waals surface area contributed by atoms with Crippen LogP contribution in [0.3, 0.4) is 0 Å². The van der Waals surface area contributed by atoms with Crippen molar-refractivity contribution in [3.8, 4) is 5.88 Å². The molecule has 1 rings (SSSR count). The van der Waals surface area contributed by atoms with Gasteiger partial charge < -0.3 is 15.4 Å². The van der Waals surface area contributed by atoms with E-state index in [0.717, 1.165) is 12.4 Å². The van der Waals surface area contributed by atoms with Gasteiger partial charge in [0.15, 0.2) is 5.82 Å². The highest BCUT2D eigenvalue weighted by Gasteiger charge is 2.16. The summed E-state index contributed by atoms with van der Waals surface area (Å²) >= 11 is 0. The van der Waals surface area contributed by atoms with Crippen molar-refractivity contribution in [2.24, 2.45) is 0 Å². The summed E-state index contributed by atoms with van der Waals surface area (Å²) in [5, 5.41) is 0. The van der Waals surface area contributed by atoms with Gasteiger partial charge in [-0.2, -0.15) is 4.98 Å². The first-order chi connectivity index (χ1) is 7.61. The van der Waals surface area contributed by atoms with Crippen LogP contribution in [0.5, 0.6) is 5.88 Å². The lowest BCUT2D eigenvalue weighted by Gasteiger charge is -2.27. The third kappa shape index (κ3) is 2.53. The van der Waals surface area contributed by atoms with E-state index in [2.05, 4.69) is 35.6 Å². The Morgan fingerprint density at radius 3 is 2.56 bits per heavy atom. The van der Waals surface area contributed by atoms with Gasteiger partial charge in [-0.05, 0) is 27.7 Å². The molecule has 1 aromatic rings. The molecule has 16 heavy (non-hydrogen) atoms. The number of anilines is 2. The molecule has 0 radical (unpaired) electrons. The van der Waals surface area contributed by atoms with Gasteiger partial charge in [0, 0.05) is 12.6 Å². The highest BCUT2D eigenvalue weighted by molar-refractivity contribution is 5.67. The van der Waals surface area contributed by atoms with Gasteiger partial charge in [-0.3, -0.25) is 0 Å². The van der Waals surface area contributed by atoms with Crippen LogP contribution in [0.25, 0.3) is 0 Å².